The average Bonchev–Trinajstić information content (AvgIpc) is 3.28. The van der Waals surface area contributed by atoms with Crippen LogP contribution in [0.4, 0.5) is 4.39 Å². The van der Waals surface area contributed by atoms with Gasteiger partial charge in [-0.1, -0.05) is 12.1 Å². The zero-order valence-electron chi connectivity index (χ0n) is 11.4. The quantitative estimate of drug-likeness (QED) is 0.904. The lowest BCUT2D eigenvalue weighted by atomic mass is 10.1. The summed E-state index contributed by atoms with van der Waals surface area (Å²) in [6.07, 6.45) is 2.25. The fourth-order valence-electron chi connectivity index (χ4n) is 2.63. The normalized spacial score (nSPS) is 23.0. The number of benzene rings is 1. The van der Waals surface area contributed by atoms with Gasteiger partial charge in [0.25, 0.3) is 0 Å². The Hall–Kier alpha value is -1.43. The van der Waals surface area contributed by atoms with Crippen LogP contribution in [0.5, 0.6) is 0 Å². The van der Waals surface area contributed by atoms with Crippen LogP contribution in [0, 0.1) is 11.7 Å². The second kappa shape index (κ2) is 5.75. The maximum Gasteiger partial charge on any atom is 0.245 e. The summed E-state index contributed by atoms with van der Waals surface area (Å²) < 4.78 is 13.9. The van der Waals surface area contributed by atoms with E-state index in [0.29, 0.717) is 29.5 Å². The second-order valence-electron chi connectivity index (χ2n) is 5.61. The number of carbonyl (C=O) groups excluding carboxylic acids is 2. The lowest BCUT2D eigenvalue weighted by Crippen LogP contribution is -2.45. The minimum atomic E-state index is -0.410. The van der Waals surface area contributed by atoms with Crippen LogP contribution in [0.25, 0.3) is 0 Å². The summed E-state index contributed by atoms with van der Waals surface area (Å²) in [5, 5.41) is 2.82. The Kier molecular flexibility index (Phi) is 3.97. The molecule has 4 nitrogen and oxygen atoms in total. The predicted molar refractivity (Wildman–Crippen MR) is 78.8 cm³/mol. The first-order valence-corrected chi connectivity index (χ1v) is 7.86. The number of amides is 2. The highest BCUT2D eigenvalue weighted by atomic mass is 79.9. The highest BCUT2D eigenvalue weighted by Crippen LogP contribution is 2.34. The van der Waals surface area contributed by atoms with E-state index < -0.39 is 6.04 Å². The number of hydrogen-bond acceptors (Lipinski definition) is 2. The van der Waals surface area contributed by atoms with E-state index in [2.05, 4.69) is 21.2 Å². The van der Waals surface area contributed by atoms with Gasteiger partial charge in [0.15, 0.2) is 0 Å². The fraction of sp³-hybridized carbons (Fsp3) is 0.467. The van der Waals surface area contributed by atoms with Crippen LogP contribution in [0.1, 0.15) is 24.8 Å². The van der Waals surface area contributed by atoms with Crippen LogP contribution < -0.4 is 5.32 Å². The molecule has 1 saturated carbocycles. The van der Waals surface area contributed by atoms with E-state index in [4.69, 9.17) is 0 Å². The molecule has 1 saturated heterocycles. The Balaban J connectivity index is 1.81. The summed E-state index contributed by atoms with van der Waals surface area (Å²) in [5.74, 6) is -0.221. The Morgan fingerprint density at radius 1 is 1.33 bits per heavy atom. The molecule has 0 bridgehead atoms. The van der Waals surface area contributed by atoms with Crippen molar-refractivity contribution in [1.82, 2.24) is 10.2 Å². The van der Waals surface area contributed by atoms with Gasteiger partial charge in [0.2, 0.25) is 11.8 Å². The van der Waals surface area contributed by atoms with E-state index in [0.717, 1.165) is 12.8 Å². The molecule has 0 aromatic heterocycles. The summed E-state index contributed by atoms with van der Waals surface area (Å²) in [6, 6.07) is 4.37. The van der Waals surface area contributed by atoms with Gasteiger partial charge in [-0.25, -0.2) is 4.39 Å². The largest absolute Gasteiger partial charge is 0.344 e. The fourth-order valence-corrected chi connectivity index (χ4v) is 3.02. The molecule has 112 valence electrons. The van der Waals surface area contributed by atoms with Gasteiger partial charge in [0.05, 0.1) is 4.47 Å². The van der Waals surface area contributed by atoms with E-state index in [9.17, 15) is 14.0 Å². The molecule has 3 rings (SSSR count). The highest BCUT2D eigenvalue weighted by molar-refractivity contribution is 9.10. The van der Waals surface area contributed by atoms with E-state index in [1.165, 1.54) is 6.07 Å². The average molecular weight is 355 g/mol. The van der Waals surface area contributed by atoms with Gasteiger partial charge >= 0.3 is 0 Å². The Labute approximate surface area is 130 Å². The molecule has 2 aliphatic rings. The Morgan fingerprint density at radius 3 is 2.81 bits per heavy atom. The van der Waals surface area contributed by atoms with Crippen LogP contribution >= 0.6 is 15.9 Å². The van der Waals surface area contributed by atoms with Crippen molar-refractivity contribution in [3.05, 3.63) is 34.1 Å². The lowest BCUT2D eigenvalue weighted by molar-refractivity contribution is -0.134. The second-order valence-corrected chi connectivity index (χ2v) is 6.40. The molecule has 1 N–H and O–H groups in total. The first kappa shape index (κ1) is 14.5. The van der Waals surface area contributed by atoms with Crippen molar-refractivity contribution in [3.63, 3.8) is 0 Å². The van der Waals surface area contributed by atoms with Crippen LogP contribution in [0.3, 0.4) is 0 Å². The number of nitrogens with zero attached hydrogens (tertiary/aromatic N) is 1. The number of rotatable bonds is 3. The minimum Gasteiger partial charge on any atom is -0.344 e. The topological polar surface area (TPSA) is 49.4 Å². The van der Waals surface area contributed by atoms with Crippen molar-refractivity contribution < 1.29 is 14.0 Å². The zero-order valence-corrected chi connectivity index (χ0v) is 13.0. The number of carbonyl (C=O) groups is 2. The van der Waals surface area contributed by atoms with Crippen molar-refractivity contribution in [3.8, 4) is 0 Å². The molecule has 0 radical (unpaired) electrons. The summed E-state index contributed by atoms with van der Waals surface area (Å²) >= 11 is 3.22. The van der Waals surface area contributed by atoms with Crippen LogP contribution in [-0.4, -0.2) is 29.3 Å². The summed E-state index contributed by atoms with van der Waals surface area (Å²) in [7, 11) is 0. The van der Waals surface area contributed by atoms with Gasteiger partial charge in [0.1, 0.15) is 11.9 Å². The molecule has 1 aromatic carbocycles. The van der Waals surface area contributed by atoms with Crippen molar-refractivity contribution >= 4 is 27.7 Å². The van der Waals surface area contributed by atoms with Crippen LogP contribution in [0.15, 0.2) is 22.7 Å². The molecule has 2 amide bonds. The monoisotopic (exact) mass is 354 g/mol. The zero-order chi connectivity index (χ0) is 15.0. The third kappa shape index (κ3) is 3.10. The highest BCUT2D eigenvalue weighted by Gasteiger charge is 2.40. The van der Waals surface area contributed by atoms with E-state index in [1.54, 1.807) is 17.0 Å². The molecule has 1 aliphatic carbocycles. The van der Waals surface area contributed by atoms with Crippen molar-refractivity contribution in [2.45, 2.75) is 31.8 Å². The lowest BCUT2D eigenvalue weighted by Gasteiger charge is -2.24. The molecule has 21 heavy (non-hydrogen) atoms. The Morgan fingerprint density at radius 2 is 2.10 bits per heavy atom. The van der Waals surface area contributed by atoms with Gasteiger partial charge in [0, 0.05) is 19.5 Å². The molecule has 1 aromatic rings. The van der Waals surface area contributed by atoms with Crippen LogP contribution in [0.2, 0.25) is 0 Å². The maximum atomic E-state index is 13.6. The van der Waals surface area contributed by atoms with E-state index in [-0.39, 0.29) is 23.5 Å². The SMILES string of the molecule is O=C1CCN(Cc2cccc(F)c2Br)C(=O)C(C2CC2)N1. The van der Waals surface area contributed by atoms with Gasteiger partial charge in [-0.15, -0.1) is 0 Å². The molecule has 1 heterocycles. The summed E-state index contributed by atoms with van der Waals surface area (Å²) in [5.41, 5.74) is 0.715. The van der Waals surface area contributed by atoms with Crippen LogP contribution in [-0.2, 0) is 16.1 Å². The number of halogens is 2. The standard InChI is InChI=1S/C15H16BrFN2O2/c16-13-10(2-1-3-11(13)17)8-19-7-6-12(20)18-14(15(19)21)9-4-5-9/h1-3,9,14H,4-8H2,(H,18,20). The van der Waals surface area contributed by atoms with Gasteiger partial charge in [-0.3, -0.25) is 9.59 Å². The predicted octanol–water partition coefficient (Wildman–Crippen LogP) is 2.22. The number of nitrogens with one attached hydrogen (secondary N) is 1. The third-order valence-corrected chi connectivity index (χ3v) is 4.88. The molecular formula is C15H16BrFN2O2. The number of hydrogen-bond donors (Lipinski definition) is 1. The van der Waals surface area contributed by atoms with Gasteiger partial charge < -0.3 is 10.2 Å². The third-order valence-electron chi connectivity index (χ3n) is 3.99. The molecule has 2 fully saturated rings. The maximum absolute atomic E-state index is 13.6. The summed E-state index contributed by atoms with van der Waals surface area (Å²) in [6.45, 7) is 0.687. The molecular weight excluding hydrogens is 339 g/mol. The van der Waals surface area contributed by atoms with E-state index in [1.807, 2.05) is 0 Å². The van der Waals surface area contributed by atoms with Crippen molar-refractivity contribution in [2.24, 2.45) is 5.92 Å². The van der Waals surface area contributed by atoms with Gasteiger partial charge in [-0.2, -0.15) is 0 Å². The molecule has 6 heteroatoms. The Bertz CT molecular complexity index is 589. The first-order chi connectivity index (χ1) is 10.1. The van der Waals surface area contributed by atoms with E-state index >= 15 is 0 Å². The molecule has 0 spiro atoms. The molecule has 1 aliphatic heterocycles. The molecule has 1 unspecified atom stereocenters. The van der Waals surface area contributed by atoms with Crippen molar-refractivity contribution in [1.29, 1.82) is 0 Å². The minimum absolute atomic E-state index is 0.0560. The van der Waals surface area contributed by atoms with Gasteiger partial charge in [-0.05, 0) is 46.3 Å². The first-order valence-electron chi connectivity index (χ1n) is 7.07. The van der Waals surface area contributed by atoms with Crippen molar-refractivity contribution in [2.75, 3.05) is 6.54 Å². The molecule has 1 atom stereocenters. The smallest absolute Gasteiger partial charge is 0.245 e. The summed E-state index contributed by atoms with van der Waals surface area (Å²) in [4.78, 5) is 26.0.